The summed E-state index contributed by atoms with van der Waals surface area (Å²) in [5.74, 6) is -1.58. The quantitative estimate of drug-likeness (QED) is 0.719. The summed E-state index contributed by atoms with van der Waals surface area (Å²) >= 11 is 15.2. The molecule has 1 aromatic carbocycles. The Bertz CT molecular complexity index is 502. The first-order chi connectivity index (χ1) is 9.35. The number of hydrogen-bond donors (Lipinski definition) is 3. The standard InChI is InChI=1S/C12H13BrCl2N2O3/c1-2-6(11(18)19)5-16-12(20)17-10-8(14)3-7(13)4-9(10)15/h3-4,6H,2,5H2,1H3,(H,18,19)(H2,16,17,20). The van der Waals surface area contributed by atoms with E-state index in [1.807, 2.05) is 0 Å². The molecule has 0 fully saturated rings. The van der Waals surface area contributed by atoms with Crippen LogP contribution in [0.5, 0.6) is 0 Å². The summed E-state index contributed by atoms with van der Waals surface area (Å²) in [6.07, 6.45) is 0.426. The number of rotatable bonds is 5. The molecule has 0 aliphatic rings. The molecule has 1 unspecified atom stereocenters. The summed E-state index contributed by atoms with van der Waals surface area (Å²) in [5, 5.41) is 14.4. The van der Waals surface area contributed by atoms with Gasteiger partial charge in [0.25, 0.3) is 0 Å². The lowest BCUT2D eigenvalue weighted by molar-refractivity contribution is -0.141. The molecule has 0 spiro atoms. The number of benzene rings is 1. The lowest BCUT2D eigenvalue weighted by atomic mass is 10.1. The fourth-order valence-electron chi connectivity index (χ4n) is 1.44. The maximum Gasteiger partial charge on any atom is 0.319 e. The first-order valence-electron chi connectivity index (χ1n) is 5.77. The highest BCUT2D eigenvalue weighted by molar-refractivity contribution is 9.10. The number of amides is 2. The number of urea groups is 1. The normalized spacial score (nSPS) is 11.8. The molecule has 1 atom stereocenters. The molecule has 0 aliphatic heterocycles. The molecule has 0 saturated heterocycles. The van der Waals surface area contributed by atoms with Crippen molar-refractivity contribution in [3.8, 4) is 0 Å². The Kier molecular flexibility index (Phi) is 6.58. The molecule has 8 heteroatoms. The third-order valence-electron chi connectivity index (χ3n) is 2.60. The van der Waals surface area contributed by atoms with Crippen molar-refractivity contribution < 1.29 is 14.7 Å². The molecule has 0 heterocycles. The number of nitrogens with one attached hydrogen (secondary N) is 2. The van der Waals surface area contributed by atoms with Crippen LogP contribution in [0.3, 0.4) is 0 Å². The maximum atomic E-state index is 11.7. The summed E-state index contributed by atoms with van der Waals surface area (Å²) in [6.45, 7) is 1.77. The molecule has 110 valence electrons. The third kappa shape index (κ3) is 4.85. The number of hydrogen-bond acceptors (Lipinski definition) is 2. The van der Waals surface area contributed by atoms with Gasteiger partial charge in [0.05, 0.1) is 21.7 Å². The van der Waals surface area contributed by atoms with Crippen molar-refractivity contribution in [2.75, 3.05) is 11.9 Å². The van der Waals surface area contributed by atoms with Gasteiger partial charge in [0, 0.05) is 11.0 Å². The van der Waals surface area contributed by atoms with Crippen LogP contribution < -0.4 is 10.6 Å². The topological polar surface area (TPSA) is 78.4 Å². The lowest BCUT2D eigenvalue weighted by Gasteiger charge is -2.13. The molecule has 0 saturated carbocycles. The van der Waals surface area contributed by atoms with Crippen molar-refractivity contribution in [2.24, 2.45) is 5.92 Å². The van der Waals surface area contributed by atoms with Gasteiger partial charge in [-0.1, -0.05) is 46.1 Å². The predicted molar refractivity (Wildman–Crippen MR) is 82.6 cm³/mol. The van der Waals surface area contributed by atoms with E-state index in [0.29, 0.717) is 10.9 Å². The second-order valence-electron chi connectivity index (χ2n) is 4.02. The Labute approximate surface area is 134 Å². The summed E-state index contributed by atoms with van der Waals surface area (Å²) < 4.78 is 0.690. The highest BCUT2D eigenvalue weighted by atomic mass is 79.9. The molecular weight excluding hydrogens is 371 g/mol. The first-order valence-corrected chi connectivity index (χ1v) is 7.32. The van der Waals surface area contributed by atoms with Crippen LogP contribution in [0.25, 0.3) is 0 Å². The van der Waals surface area contributed by atoms with Crippen LogP contribution in [0.15, 0.2) is 16.6 Å². The van der Waals surface area contributed by atoms with Crippen LogP contribution in [-0.2, 0) is 4.79 Å². The van der Waals surface area contributed by atoms with Gasteiger partial charge in [0.15, 0.2) is 0 Å². The van der Waals surface area contributed by atoms with E-state index in [1.165, 1.54) is 0 Å². The second kappa shape index (κ2) is 7.71. The van der Waals surface area contributed by atoms with Crippen molar-refractivity contribution in [2.45, 2.75) is 13.3 Å². The third-order valence-corrected chi connectivity index (χ3v) is 3.65. The number of carboxylic acid groups (broad SMARTS) is 1. The Morgan fingerprint density at radius 3 is 2.35 bits per heavy atom. The highest BCUT2D eigenvalue weighted by Gasteiger charge is 2.17. The average molecular weight is 384 g/mol. The monoisotopic (exact) mass is 382 g/mol. The van der Waals surface area contributed by atoms with E-state index in [0.717, 1.165) is 0 Å². The fourth-order valence-corrected chi connectivity index (χ4v) is 2.74. The van der Waals surface area contributed by atoms with Crippen LogP contribution in [0.1, 0.15) is 13.3 Å². The summed E-state index contributed by atoms with van der Waals surface area (Å²) in [4.78, 5) is 22.5. The van der Waals surface area contributed by atoms with Crippen LogP contribution in [0.4, 0.5) is 10.5 Å². The van der Waals surface area contributed by atoms with Crippen molar-refractivity contribution in [1.29, 1.82) is 0 Å². The van der Waals surface area contributed by atoms with E-state index < -0.39 is 17.9 Å². The van der Waals surface area contributed by atoms with Gasteiger partial charge >= 0.3 is 12.0 Å². The van der Waals surface area contributed by atoms with Crippen LogP contribution in [-0.4, -0.2) is 23.7 Å². The molecule has 20 heavy (non-hydrogen) atoms. The molecular formula is C12H13BrCl2N2O3. The number of carbonyl (C=O) groups excluding carboxylic acids is 1. The summed E-state index contributed by atoms with van der Waals surface area (Å²) in [7, 11) is 0. The summed E-state index contributed by atoms with van der Waals surface area (Å²) in [6, 6.07) is 2.63. The van der Waals surface area contributed by atoms with Crippen molar-refractivity contribution >= 4 is 56.8 Å². The van der Waals surface area contributed by atoms with Gasteiger partial charge in [-0.05, 0) is 18.6 Å². The SMILES string of the molecule is CCC(CNC(=O)Nc1c(Cl)cc(Br)cc1Cl)C(=O)O. The fraction of sp³-hybridized carbons (Fsp3) is 0.333. The van der Waals surface area contributed by atoms with E-state index in [4.69, 9.17) is 28.3 Å². The number of anilines is 1. The van der Waals surface area contributed by atoms with Gasteiger partial charge in [-0.15, -0.1) is 0 Å². The van der Waals surface area contributed by atoms with E-state index in [-0.39, 0.29) is 22.3 Å². The minimum absolute atomic E-state index is 0.0312. The largest absolute Gasteiger partial charge is 0.481 e. The molecule has 0 radical (unpaired) electrons. The number of carboxylic acids is 1. The highest BCUT2D eigenvalue weighted by Crippen LogP contribution is 2.33. The summed E-state index contributed by atoms with van der Waals surface area (Å²) in [5.41, 5.74) is 0.275. The zero-order valence-electron chi connectivity index (χ0n) is 10.5. The van der Waals surface area contributed by atoms with E-state index in [9.17, 15) is 9.59 Å². The minimum atomic E-state index is -0.951. The van der Waals surface area contributed by atoms with Gasteiger partial charge in [-0.25, -0.2) is 4.79 Å². The van der Waals surface area contributed by atoms with Gasteiger partial charge in [-0.2, -0.15) is 0 Å². The van der Waals surface area contributed by atoms with E-state index >= 15 is 0 Å². The molecule has 0 aromatic heterocycles. The van der Waals surface area contributed by atoms with E-state index in [1.54, 1.807) is 19.1 Å². The van der Waals surface area contributed by atoms with Crippen molar-refractivity contribution in [3.05, 3.63) is 26.7 Å². The zero-order chi connectivity index (χ0) is 15.3. The van der Waals surface area contributed by atoms with E-state index in [2.05, 4.69) is 26.6 Å². The number of aliphatic carboxylic acids is 1. The molecule has 1 rings (SSSR count). The minimum Gasteiger partial charge on any atom is -0.481 e. The van der Waals surface area contributed by atoms with Gasteiger partial charge in [0.1, 0.15) is 0 Å². The second-order valence-corrected chi connectivity index (χ2v) is 5.75. The van der Waals surface area contributed by atoms with Crippen molar-refractivity contribution in [3.63, 3.8) is 0 Å². The average Bonchev–Trinajstić information content (AvgIpc) is 2.34. The van der Waals surface area contributed by atoms with Gasteiger partial charge < -0.3 is 15.7 Å². The van der Waals surface area contributed by atoms with Crippen LogP contribution >= 0.6 is 39.1 Å². The van der Waals surface area contributed by atoms with Crippen molar-refractivity contribution in [1.82, 2.24) is 5.32 Å². The Morgan fingerprint density at radius 1 is 1.35 bits per heavy atom. The molecule has 1 aromatic rings. The lowest BCUT2D eigenvalue weighted by Crippen LogP contribution is -2.35. The maximum absolute atomic E-state index is 11.7. The Hall–Kier alpha value is -0.980. The molecule has 3 N–H and O–H groups in total. The van der Waals surface area contributed by atoms with Gasteiger partial charge in [-0.3, -0.25) is 4.79 Å². The molecule has 5 nitrogen and oxygen atoms in total. The Morgan fingerprint density at radius 2 is 1.90 bits per heavy atom. The van der Waals surface area contributed by atoms with Crippen LogP contribution in [0, 0.1) is 5.92 Å². The first kappa shape index (κ1) is 17.1. The zero-order valence-corrected chi connectivity index (χ0v) is 13.6. The molecule has 0 bridgehead atoms. The molecule has 0 aliphatic carbocycles. The smallest absolute Gasteiger partial charge is 0.319 e. The van der Waals surface area contributed by atoms with Gasteiger partial charge in [0.2, 0.25) is 0 Å². The Balaban J connectivity index is 2.66. The molecule has 2 amide bonds. The number of halogens is 3. The number of carbonyl (C=O) groups is 2. The predicted octanol–water partition coefficient (Wildman–Crippen LogP) is 3.99. The van der Waals surface area contributed by atoms with Crippen LogP contribution in [0.2, 0.25) is 10.0 Å².